The Morgan fingerprint density at radius 1 is 0.875 bits per heavy atom. The van der Waals surface area contributed by atoms with Gasteiger partial charge in [-0.2, -0.15) is 0 Å². The van der Waals surface area contributed by atoms with Crippen LogP contribution >= 0.6 is 0 Å². The summed E-state index contributed by atoms with van der Waals surface area (Å²) in [6, 6.07) is 19.7. The molecule has 0 aliphatic rings. The summed E-state index contributed by atoms with van der Waals surface area (Å²) >= 11 is 0. The predicted octanol–water partition coefficient (Wildman–Crippen LogP) is 4.99. The minimum atomic E-state index is -3.93. The van der Waals surface area contributed by atoms with E-state index in [0.717, 1.165) is 27.8 Å². The number of benzene rings is 3. The van der Waals surface area contributed by atoms with E-state index in [-0.39, 0.29) is 23.4 Å². The average molecular weight is 451 g/mol. The van der Waals surface area contributed by atoms with Crippen LogP contribution in [0.3, 0.4) is 0 Å². The largest absolute Gasteiger partial charge is 0.348 e. The minimum absolute atomic E-state index is 0.154. The van der Waals surface area contributed by atoms with Crippen molar-refractivity contribution in [2.24, 2.45) is 0 Å². The van der Waals surface area contributed by atoms with Crippen LogP contribution in [0.2, 0.25) is 0 Å². The average Bonchev–Trinajstić information content (AvgIpc) is 2.74. The first-order chi connectivity index (χ1) is 15.1. The molecule has 168 valence electrons. The number of anilines is 1. The van der Waals surface area contributed by atoms with Gasteiger partial charge in [-0.3, -0.25) is 9.10 Å². The maximum atomic E-state index is 13.5. The molecule has 0 spiro atoms. The Morgan fingerprint density at radius 2 is 1.50 bits per heavy atom. The molecule has 1 unspecified atom stereocenters. The van der Waals surface area contributed by atoms with Crippen LogP contribution in [0.15, 0.2) is 71.6 Å². The van der Waals surface area contributed by atoms with Gasteiger partial charge in [0, 0.05) is 0 Å². The van der Waals surface area contributed by atoms with Crippen molar-refractivity contribution in [2.75, 3.05) is 10.8 Å². The number of para-hydroxylation sites is 1. The number of carbonyl (C=O) groups is 1. The van der Waals surface area contributed by atoms with Crippen molar-refractivity contribution in [1.29, 1.82) is 0 Å². The third-order valence-corrected chi connectivity index (χ3v) is 7.33. The van der Waals surface area contributed by atoms with E-state index in [0.29, 0.717) is 5.69 Å². The van der Waals surface area contributed by atoms with E-state index >= 15 is 0 Å². The first kappa shape index (κ1) is 23.5. The first-order valence-corrected chi connectivity index (χ1v) is 12.0. The smallest absolute Gasteiger partial charge is 0.264 e. The molecule has 3 aromatic rings. The Morgan fingerprint density at radius 3 is 2.16 bits per heavy atom. The molecule has 32 heavy (non-hydrogen) atoms. The van der Waals surface area contributed by atoms with Gasteiger partial charge in [-0.25, -0.2) is 8.42 Å². The van der Waals surface area contributed by atoms with Gasteiger partial charge < -0.3 is 5.32 Å². The lowest BCUT2D eigenvalue weighted by atomic mass is 10.00. The zero-order valence-electron chi connectivity index (χ0n) is 19.2. The Labute approximate surface area is 191 Å². The summed E-state index contributed by atoms with van der Waals surface area (Å²) in [5.74, 6) is -0.364. The number of rotatable bonds is 7. The lowest BCUT2D eigenvalue weighted by Crippen LogP contribution is -2.42. The fraction of sp³-hybridized carbons (Fsp3) is 0.269. The number of aryl methyl sites for hydroxylation is 4. The van der Waals surface area contributed by atoms with E-state index in [4.69, 9.17) is 0 Å². The van der Waals surface area contributed by atoms with Gasteiger partial charge in [0.05, 0.1) is 16.6 Å². The van der Waals surface area contributed by atoms with E-state index < -0.39 is 10.0 Å². The molecule has 0 heterocycles. The van der Waals surface area contributed by atoms with E-state index in [1.54, 1.807) is 36.4 Å². The molecular weight excluding hydrogens is 420 g/mol. The standard InChI is InChI=1S/C26H30N2O3S/c1-18-11-14-23(15-12-18)32(30,31)28(25-9-7-6-8-21(25)4)17-26(29)27-22(5)24-16-19(2)10-13-20(24)3/h6-16,22H,17H2,1-5H3,(H,27,29). The van der Waals surface area contributed by atoms with Gasteiger partial charge in [-0.05, 0) is 69.5 Å². The summed E-state index contributed by atoms with van der Waals surface area (Å²) in [6.07, 6.45) is 0. The molecule has 3 rings (SSSR count). The maximum absolute atomic E-state index is 13.5. The van der Waals surface area contributed by atoms with Crippen molar-refractivity contribution in [3.63, 3.8) is 0 Å². The fourth-order valence-electron chi connectivity index (χ4n) is 3.70. The molecule has 0 radical (unpaired) electrons. The van der Waals surface area contributed by atoms with E-state index in [1.807, 2.05) is 65.0 Å². The Kier molecular flexibility index (Phi) is 7.04. The lowest BCUT2D eigenvalue weighted by molar-refractivity contribution is -0.120. The molecule has 1 amide bonds. The second kappa shape index (κ2) is 9.57. The van der Waals surface area contributed by atoms with Gasteiger partial charge in [0.15, 0.2) is 0 Å². The first-order valence-electron chi connectivity index (χ1n) is 10.6. The molecule has 0 saturated heterocycles. The molecule has 0 aromatic heterocycles. The SMILES string of the molecule is Cc1ccc(S(=O)(=O)N(CC(=O)NC(C)c2cc(C)ccc2C)c2ccccc2C)cc1. The summed E-state index contributed by atoms with van der Waals surface area (Å²) in [6.45, 7) is 9.34. The fourth-order valence-corrected chi connectivity index (χ4v) is 5.19. The third-order valence-electron chi connectivity index (χ3n) is 5.56. The topological polar surface area (TPSA) is 66.5 Å². The summed E-state index contributed by atoms with van der Waals surface area (Å²) in [4.78, 5) is 13.2. The lowest BCUT2D eigenvalue weighted by Gasteiger charge is -2.26. The van der Waals surface area contributed by atoms with Gasteiger partial charge in [-0.1, -0.05) is 59.7 Å². The monoisotopic (exact) mass is 450 g/mol. The van der Waals surface area contributed by atoms with Crippen LogP contribution in [0.1, 0.15) is 40.8 Å². The van der Waals surface area contributed by atoms with Crippen LogP contribution in [0.4, 0.5) is 5.69 Å². The highest BCUT2D eigenvalue weighted by molar-refractivity contribution is 7.92. The maximum Gasteiger partial charge on any atom is 0.264 e. The van der Waals surface area contributed by atoms with Crippen LogP contribution in [-0.2, 0) is 14.8 Å². The van der Waals surface area contributed by atoms with Crippen LogP contribution in [0.25, 0.3) is 0 Å². The molecule has 0 fully saturated rings. The second-order valence-electron chi connectivity index (χ2n) is 8.26. The van der Waals surface area contributed by atoms with Gasteiger partial charge >= 0.3 is 0 Å². The number of nitrogens with zero attached hydrogens (tertiary/aromatic N) is 1. The third kappa shape index (κ3) is 5.19. The molecule has 1 N–H and O–H groups in total. The molecule has 1 atom stereocenters. The molecule has 6 heteroatoms. The van der Waals surface area contributed by atoms with Crippen LogP contribution in [0, 0.1) is 27.7 Å². The molecular formula is C26H30N2O3S. The van der Waals surface area contributed by atoms with Gasteiger partial charge in [0.2, 0.25) is 5.91 Å². The van der Waals surface area contributed by atoms with E-state index in [2.05, 4.69) is 5.32 Å². The molecule has 3 aromatic carbocycles. The van der Waals surface area contributed by atoms with Gasteiger partial charge in [0.1, 0.15) is 6.54 Å². The highest BCUT2D eigenvalue weighted by atomic mass is 32.2. The molecule has 5 nitrogen and oxygen atoms in total. The van der Waals surface area contributed by atoms with Crippen molar-refractivity contribution < 1.29 is 13.2 Å². The van der Waals surface area contributed by atoms with E-state index in [1.165, 1.54) is 4.31 Å². The quantitative estimate of drug-likeness (QED) is 0.551. The second-order valence-corrected chi connectivity index (χ2v) is 10.1. The van der Waals surface area contributed by atoms with Crippen molar-refractivity contribution in [3.05, 3.63) is 94.5 Å². The molecule has 0 saturated carbocycles. The Bertz CT molecular complexity index is 1220. The Balaban J connectivity index is 1.92. The summed E-state index contributed by atoms with van der Waals surface area (Å²) in [7, 11) is -3.93. The van der Waals surface area contributed by atoms with Crippen LogP contribution in [0.5, 0.6) is 0 Å². The minimum Gasteiger partial charge on any atom is -0.348 e. The van der Waals surface area contributed by atoms with Crippen molar-refractivity contribution >= 4 is 21.6 Å². The molecule has 0 aliphatic carbocycles. The van der Waals surface area contributed by atoms with Crippen LogP contribution in [-0.4, -0.2) is 20.9 Å². The number of hydrogen-bond donors (Lipinski definition) is 1. The zero-order chi connectivity index (χ0) is 23.5. The summed E-state index contributed by atoms with van der Waals surface area (Å²) in [5.41, 5.74) is 5.43. The van der Waals surface area contributed by atoms with Crippen molar-refractivity contribution in [3.8, 4) is 0 Å². The Hall–Kier alpha value is -3.12. The number of nitrogens with one attached hydrogen (secondary N) is 1. The number of carbonyl (C=O) groups excluding carboxylic acids is 1. The van der Waals surface area contributed by atoms with Gasteiger partial charge in [-0.15, -0.1) is 0 Å². The summed E-state index contributed by atoms with van der Waals surface area (Å²) in [5, 5.41) is 2.97. The number of hydrogen-bond acceptors (Lipinski definition) is 3. The van der Waals surface area contributed by atoms with E-state index in [9.17, 15) is 13.2 Å². The van der Waals surface area contributed by atoms with Crippen LogP contribution < -0.4 is 9.62 Å². The molecule has 0 bridgehead atoms. The number of sulfonamides is 1. The number of amides is 1. The van der Waals surface area contributed by atoms with Crippen molar-refractivity contribution in [1.82, 2.24) is 5.32 Å². The molecule has 0 aliphatic heterocycles. The predicted molar refractivity (Wildman–Crippen MR) is 129 cm³/mol. The van der Waals surface area contributed by atoms with Crippen molar-refractivity contribution in [2.45, 2.75) is 45.6 Å². The highest BCUT2D eigenvalue weighted by Gasteiger charge is 2.28. The summed E-state index contributed by atoms with van der Waals surface area (Å²) < 4.78 is 28.3. The normalized spacial score (nSPS) is 12.3. The zero-order valence-corrected chi connectivity index (χ0v) is 20.0. The highest BCUT2D eigenvalue weighted by Crippen LogP contribution is 2.27. The van der Waals surface area contributed by atoms with Gasteiger partial charge in [0.25, 0.3) is 10.0 Å².